The summed E-state index contributed by atoms with van der Waals surface area (Å²) in [6, 6.07) is 31.8. The first-order chi connectivity index (χ1) is 13.0. The maximum absolute atomic E-state index is 12.1. The monoisotopic (exact) mass is 374 g/mol. The summed E-state index contributed by atoms with van der Waals surface area (Å²) in [6.07, 6.45) is 1.57. The van der Waals surface area contributed by atoms with Crippen molar-refractivity contribution in [1.29, 1.82) is 0 Å². The van der Waals surface area contributed by atoms with Crippen LogP contribution in [0.15, 0.2) is 91.0 Å². The number of carbonyl (C=O) groups excluding carboxylic acids is 1. The lowest BCUT2D eigenvalue weighted by Gasteiger charge is -2.38. The van der Waals surface area contributed by atoms with Crippen LogP contribution in [0.5, 0.6) is 0 Å². The normalized spacial score (nSPS) is 12.0. The van der Waals surface area contributed by atoms with Crippen LogP contribution in [-0.4, -0.2) is 5.12 Å². The van der Waals surface area contributed by atoms with Gasteiger partial charge in [0.2, 0.25) is 0 Å². The second kappa shape index (κ2) is 8.14. The van der Waals surface area contributed by atoms with Gasteiger partial charge in [0.05, 0.1) is 0 Å². The van der Waals surface area contributed by atoms with E-state index in [4.69, 9.17) is 0 Å². The lowest BCUT2D eigenvalue weighted by molar-refractivity contribution is -0.118. The van der Waals surface area contributed by atoms with Crippen molar-refractivity contribution in [3.05, 3.63) is 108 Å². The van der Waals surface area contributed by atoms with Gasteiger partial charge in [-0.25, -0.2) is 0 Å². The molecule has 1 nitrogen and oxygen atoms in total. The zero-order valence-electron chi connectivity index (χ0n) is 15.9. The fourth-order valence-corrected chi connectivity index (χ4v) is 3.82. The minimum absolute atomic E-state index is 0.0643. The maximum Gasteiger partial charge on any atom is 0.191 e. The average molecular weight is 375 g/mol. The van der Waals surface area contributed by atoms with Crippen LogP contribution in [0.25, 0.3) is 0 Å². The highest BCUT2D eigenvalue weighted by atomic mass is 32.1. The number of hydrogen-bond acceptors (Lipinski definition) is 1. The highest BCUT2D eigenvalue weighted by molar-refractivity contribution is 7.96. The third kappa shape index (κ3) is 4.01. The van der Waals surface area contributed by atoms with E-state index in [1.165, 1.54) is 16.7 Å². The van der Waals surface area contributed by atoms with Crippen LogP contribution in [0.3, 0.4) is 0 Å². The van der Waals surface area contributed by atoms with Gasteiger partial charge >= 0.3 is 0 Å². The molecular weight excluding hydrogens is 348 g/mol. The number of carbonyl (C=O) groups is 1. The Balaban J connectivity index is 2.21. The molecule has 0 bridgehead atoms. The largest absolute Gasteiger partial charge is 0.287 e. The Morgan fingerprint density at radius 1 is 0.667 bits per heavy atom. The summed E-state index contributed by atoms with van der Waals surface area (Å²) >= 11 is 4.13. The van der Waals surface area contributed by atoms with Gasteiger partial charge in [-0.3, -0.25) is 4.79 Å². The molecule has 3 aromatic rings. The molecular formula is C25H26OS. The Bertz CT molecular complexity index is 773. The molecule has 0 aliphatic heterocycles. The van der Waals surface area contributed by atoms with Gasteiger partial charge in [-0.2, -0.15) is 0 Å². The Labute approximate surface area is 167 Å². The van der Waals surface area contributed by atoms with E-state index in [2.05, 4.69) is 85.4 Å². The van der Waals surface area contributed by atoms with Crippen molar-refractivity contribution >= 4 is 17.7 Å². The zero-order valence-corrected chi connectivity index (χ0v) is 16.8. The molecule has 0 heterocycles. The molecule has 0 saturated heterocycles. The van der Waals surface area contributed by atoms with Gasteiger partial charge in [-0.05, 0) is 29.5 Å². The molecule has 27 heavy (non-hydrogen) atoms. The topological polar surface area (TPSA) is 17.1 Å². The van der Waals surface area contributed by atoms with Crippen molar-refractivity contribution < 1.29 is 4.79 Å². The first-order valence-electron chi connectivity index (χ1n) is 9.37. The van der Waals surface area contributed by atoms with E-state index in [0.717, 1.165) is 12.8 Å². The number of benzene rings is 3. The van der Waals surface area contributed by atoms with Crippen LogP contribution in [0, 0.1) is 5.41 Å². The second-order valence-corrected chi connectivity index (χ2v) is 8.10. The van der Waals surface area contributed by atoms with Crippen LogP contribution in [0.4, 0.5) is 0 Å². The number of rotatable bonds is 7. The van der Waals surface area contributed by atoms with Gasteiger partial charge in [0.15, 0.2) is 5.12 Å². The molecule has 0 aliphatic carbocycles. The minimum Gasteiger partial charge on any atom is -0.287 e. The SMILES string of the molecule is CC(C)(CCC(c1ccccc1)(c1ccccc1)c1ccccc1)C(=O)S. The standard InChI is InChI=1S/C25H26OS/c1-24(2,23(26)27)18-19-25(20-12-6-3-7-13-20,21-14-8-4-9-15-21)22-16-10-5-11-17-22/h3-17H,18-19H2,1-2H3,(H,26,27). The molecule has 0 atom stereocenters. The van der Waals surface area contributed by atoms with E-state index in [1.807, 2.05) is 32.0 Å². The highest BCUT2D eigenvalue weighted by Crippen LogP contribution is 2.45. The first kappa shape index (κ1) is 19.4. The van der Waals surface area contributed by atoms with Crippen molar-refractivity contribution in [1.82, 2.24) is 0 Å². The quantitative estimate of drug-likeness (QED) is 0.380. The lowest BCUT2D eigenvalue weighted by atomic mass is 9.65. The molecule has 138 valence electrons. The first-order valence-corrected chi connectivity index (χ1v) is 9.81. The summed E-state index contributed by atoms with van der Waals surface area (Å²) < 4.78 is 0. The minimum atomic E-state index is -0.479. The molecule has 0 aromatic heterocycles. The van der Waals surface area contributed by atoms with Crippen molar-refractivity contribution in [2.24, 2.45) is 5.41 Å². The second-order valence-electron chi connectivity index (χ2n) is 7.69. The van der Waals surface area contributed by atoms with Gasteiger partial charge in [0.1, 0.15) is 0 Å². The molecule has 0 unspecified atom stereocenters. The fraction of sp³-hybridized carbons (Fsp3) is 0.240. The molecule has 0 aliphatic rings. The third-order valence-electron chi connectivity index (χ3n) is 5.50. The van der Waals surface area contributed by atoms with E-state index in [-0.39, 0.29) is 10.5 Å². The van der Waals surface area contributed by atoms with Crippen molar-refractivity contribution in [2.45, 2.75) is 32.1 Å². The van der Waals surface area contributed by atoms with Crippen molar-refractivity contribution in [3.63, 3.8) is 0 Å². The molecule has 0 amide bonds. The molecule has 3 aromatic carbocycles. The summed E-state index contributed by atoms with van der Waals surface area (Å²) in [7, 11) is 0. The maximum atomic E-state index is 12.1. The smallest absolute Gasteiger partial charge is 0.191 e. The van der Waals surface area contributed by atoms with Crippen molar-refractivity contribution in [2.75, 3.05) is 0 Å². The van der Waals surface area contributed by atoms with Gasteiger partial charge in [-0.1, -0.05) is 105 Å². The van der Waals surface area contributed by atoms with Crippen LogP contribution < -0.4 is 0 Å². The van der Waals surface area contributed by atoms with E-state index in [9.17, 15) is 4.79 Å². The Kier molecular flexibility index (Phi) is 5.86. The van der Waals surface area contributed by atoms with Gasteiger partial charge in [-0.15, -0.1) is 12.6 Å². The van der Waals surface area contributed by atoms with Crippen LogP contribution in [0.1, 0.15) is 43.4 Å². The Morgan fingerprint density at radius 2 is 1.00 bits per heavy atom. The summed E-state index contributed by atoms with van der Waals surface area (Å²) in [6.45, 7) is 3.96. The Hall–Kier alpha value is -2.32. The Morgan fingerprint density at radius 3 is 1.30 bits per heavy atom. The molecule has 0 radical (unpaired) electrons. The predicted octanol–water partition coefficient (Wildman–Crippen LogP) is 6.28. The van der Waals surface area contributed by atoms with E-state index in [1.54, 1.807) is 0 Å². The van der Waals surface area contributed by atoms with Gasteiger partial charge < -0.3 is 0 Å². The van der Waals surface area contributed by atoms with E-state index >= 15 is 0 Å². The predicted molar refractivity (Wildman–Crippen MR) is 116 cm³/mol. The molecule has 3 rings (SSSR count). The van der Waals surface area contributed by atoms with E-state index < -0.39 is 5.41 Å². The molecule has 0 fully saturated rings. The van der Waals surface area contributed by atoms with Crippen LogP contribution in [0.2, 0.25) is 0 Å². The number of hydrogen-bond donors (Lipinski definition) is 1. The van der Waals surface area contributed by atoms with Gasteiger partial charge in [0.25, 0.3) is 0 Å². The average Bonchev–Trinajstić information content (AvgIpc) is 2.71. The fourth-order valence-electron chi connectivity index (χ4n) is 3.71. The number of thiol groups is 1. The molecule has 0 spiro atoms. The van der Waals surface area contributed by atoms with Crippen LogP contribution in [-0.2, 0) is 10.2 Å². The highest BCUT2D eigenvalue weighted by Gasteiger charge is 2.38. The molecule has 0 saturated carbocycles. The third-order valence-corrected chi connectivity index (χ3v) is 6.11. The summed E-state index contributed by atoms with van der Waals surface area (Å²) in [5.74, 6) is 0. The van der Waals surface area contributed by atoms with E-state index in [0.29, 0.717) is 0 Å². The van der Waals surface area contributed by atoms with Gasteiger partial charge in [0, 0.05) is 10.8 Å². The lowest BCUT2D eigenvalue weighted by Crippen LogP contribution is -2.32. The van der Waals surface area contributed by atoms with Crippen molar-refractivity contribution in [3.8, 4) is 0 Å². The summed E-state index contributed by atoms with van der Waals surface area (Å²) in [4.78, 5) is 12.1. The molecule has 2 heteroatoms. The summed E-state index contributed by atoms with van der Waals surface area (Å²) in [5.41, 5.74) is 2.93. The zero-order chi connectivity index (χ0) is 19.3. The molecule has 0 N–H and O–H groups in total. The van der Waals surface area contributed by atoms with Crippen LogP contribution >= 0.6 is 12.6 Å². The summed E-state index contributed by atoms with van der Waals surface area (Å²) in [5, 5.41) is -0.0643.